The third-order valence-electron chi connectivity index (χ3n) is 4.30. The molecular weight excluding hydrogens is 342 g/mol. The zero-order valence-electron chi connectivity index (χ0n) is 14.8. The Kier molecular flexibility index (Phi) is 4.85. The van der Waals surface area contributed by atoms with Crippen molar-refractivity contribution in [3.8, 4) is 0 Å². The molecule has 0 aliphatic heterocycles. The minimum Gasteiger partial charge on any atom is -0.361 e. The molecule has 0 aliphatic rings. The second-order valence-corrected chi connectivity index (χ2v) is 7.14. The van der Waals surface area contributed by atoms with Crippen molar-refractivity contribution in [2.45, 2.75) is 32.6 Å². The molecule has 3 rings (SSSR count). The molecule has 0 radical (unpaired) electrons. The Bertz CT molecular complexity index is 1010. The maximum atomic E-state index is 12.6. The fraction of sp³-hybridized carbons (Fsp3) is 0.500. The van der Waals surface area contributed by atoms with E-state index in [2.05, 4.69) is 10.1 Å². The SMILES string of the molecule is Cc1noc(C)c1CSCCCn1c(=O)c2c(ncn2C)n(C)c1=O. The van der Waals surface area contributed by atoms with Crippen LogP contribution < -0.4 is 11.2 Å². The molecule has 0 unspecified atom stereocenters. The van der Waals surface area contributed by atoms with E-state index >= 15 is 0 Å². The van der Waals surface area contributed by atoms with Gasteiger partial charge in [-0.25, -0.2) is 9.78 Å². The summed E-state index contributed by atoms with van der Waals surface area (Å²) in [5.41, 5.74) is 2.29. The van der Waals surface area contributed by atoms with E-state index in [-0.39, 0.29) is 11.2 Å². The normalized spacial score (nSPS) is 11.5. The standard InChI is InChI=1S/C16H21N5O3S/c1-10-12(11(2)24-18-10)8-25-7-5-6-21-15(22)13-14(17-9-19(13)3)20(4)16(21)23/h9H,5-8H2,1-4H3. The maximum absolute atomic E-state index is 12.6. The summed E-state index contributed by atoms with van der Waals surface area (Å²) in [6, 6.07) is 0. The molecule has 3 heterocycles. The van der Waals surface area contributed by atoms with Crippen LogP contribution in [0.3, 0.4) is 0 Å². The summed E-state index contributed by atoms with van der Waals surface area (Å²) in [5, 5.41) is 3.94. The zero-order chi connectivity index (χ0) is 18.1. The van der Waals surface area contributed by atoms with E-state index in [1.165, 1.54) is 9.13 Å². The number of hydrogen-bond acceptors (Lipinski definition) is 6. The van der Waals surface area contributed by atoms with Gasteiger partial charge in [0.15, 0.2) is 11.2 Å². The van der Waals surface area contributed by atoms with Crippen molar-refractivity contribution in [2.24, 2.45) is 14.1 Å². The Balaban J connectivity index is 1.69. The lowest BCUT2D eigenvalue weighted by Crippen LogP contribution is -2.39. The first-order chi connectivity index (χ1) is 11.9. The van der Waals surface area contributed by atoms with Crippen LogP contribution in [0.4, 0.5) is 0 Å². The van der Waals surface area contributed by atoms with Gasteiger partial charge in [-0.05, 0) is 26.0 Å². The zero-order valence-corrected chi connectivity index (χ0v) is 15.6. The molecule has 0 atom stereocenters. The van der Waals surface area contributed by atoms with Gasteiger partial charge in [0.2, 0.25) is 0 Å². The summed E-state index contributed by atoms with van der Waals surface area (Å²) in [6.07, 6.45) is 2.28. The first kappa shape index (κ1) is 17.5. The minimum atomic E-state index is -0.327. The molecule has 0 fully saturated rings. The lowest BCUT2D eigenvalue weighted by Gasteiger charge is -2.08. The molecular formula is C16H21N5O3S. The second kappa shape index (κ2) is 6.91. The lowest BCUT2D eigenvalue weighted by molar-refractivity contribution is 0.392. The highest BCUT2D eigenvalue weighted by atomic mass is 32.2. The van der Waals surface area contributed by atoms with Crippen LogP contribution in [0.2, 0.25) is 0 Å². The van der Waals surface area contributed by atoms with Crippen molar-refractivity contribution in [1.82, 2.24) is 23.8 Å². The summed E-state index contributed by atoms with van der Waals surface area (Å²) in [6.45, 7) is 4.22. The molecule has 0 amide bonds. The molecule has 3 aromatic rings. The number of aryl methyl sites for hydroxylation is 4. The van der Waals surface area contributed by atoms with Gasteiger partial charge in [0.25, 0.3) is 5.56 Å². The van der Waals surface area contributed by atoms with Gasteiger partial charge in [0.05, 0.1) is 12.0 Å². The van der Waals surface area contributed by atoms with Crippen LogP contribution in [0.15, 0.2) is 20.4 Å². The minimum absolute atomic E-state index is 0.283. The molecule has 0 aliphatic carbocycles. The van der Waals surface area contributed by atoms with E-state index in [0.29, 0.717) is 17.7 Å². The molecule has 0 spiro atoms. The van der Waals surface area contributed by atoms with E-state index in [0.717, 1.165) is 34.9 Å². The average molecular weight is 363 g/mol. The van der Waals surface area contributed by atoms with E-state index in [1.54, 1.807) is 36.8 Å². The van der Waals surface area contributed by atoms with Crippen molar-refractivity contribution in [2.75, 3.05) is 5.75 Å². The molecule has 8 nitrogen and oxygen atoms in total. The maximum Gasteiger partial charge on any atom is 0.332 e. The summed E-state index contributed by atoms with van der Waals surface area (Å²) in [7, 11) is 3.39. The van der Waals surface area contributed by atoms with Gasteiger partial charge >= 0.3 is 5.69 Å². The van der Waals surface area contributed by atoms with E-state index in [1.807, 2.05) is 13.8 Å². The number of hydrogen-bond donors (Lipinski definition) is 0. The average Bonchev–Trinajstić information content (AvgIpc) is 3.12. The number of rotatable bonds is 6. The van der Waals surface area contributed by atoms with Crippen molar-refractivity contribution in [3.05, 3.63) is 44.2 Å². The second-order valence-electron chi connectivity index (χ2n) is 6.03. The largest absolute Gasteiger partial charge is 0.361 e. The third kappa shape index (κ3) is 3.15. The highest BCUT2D eigenvalue weighted by molar-refractivity contribution is 7.98. The fourth-order valence-corrected chi connectivity index (χ4v) is 3.89. The van der Waals surface area contributed by atoms with E-state index in [4.69, 9.17) is 4.52 Å². The van der Waals surface area contributed by atoms with Gasteiger partial charge in [-0.2, -0.15) is 11.8 Å². The Morgan fingerprint density at radius 1 is 1.24 bits per heavy atom. The highest BCUT2D eigenvalue weighted by Gasteiger charge is 2.14. The molecule has 0 N–H and O–H groups in total. The molecule has 0 saturated carbocycles. The van der Waals surface area contributed by atoms with Crippen molar-refractivity contribution in [1.29, 1.82) is 0 Å². The molecule has 9 heteroatoms. The molecule has 25 heavy (non-hydrogen) atoms. The number of fused-ring (bicyclic) bond motifs is 1. The van der Waals surface area contributed by atoms with Crippen molar-refractivity contribution >= 4 is 22.9 Å². The number of aromatic nitrogens is 5. The van der Waals surface area contributed by atoms with Gasteiger partial charge in [-0.1, -0.05) is 5.16 Å². The molecule has 0 saturated heterocycles. The van der Waals surface area contributed by atoms with Gasteiger partial charge in [-0.15, -0.1) is 0 Å². The Morgan fingerprint density at radius 2 is 2.00 bits per heavy atom. The predicted molar refractivity (Wildman–Crippen MR) is 97.0 cm³/mol. The summed E-state index contributed by atoms with van der Waals surface area (Å²) >= 11 is 1.74. The lowest BCUT2D eigenvalue weighted by atomic mass is 10.2. The van der Waals surface area contributed by atoms with Crippen LogP contribution in [-0.4, -0.2) is 29.6 Å². The van der Waals surface area contributed by atoms with Crippen molar-refractivity contribution < 1.29 is 4.52 Å². The van der Waals surface area contributed by atoms with Crippen LogP contribution in [-0.2, 0) is 26.4 Å². The van der Waals surface area contributed by atoms with E-state index < -0.39 is 0 Å². The first-order valence-electron chi connectivity index (χ1n) is 8.02. The van der Waals surface area contributed by atoms with Gasteiger partial charge in [0.1, 0.15) is 5.76 Å². The Hall–Kier alpha value is -2.29. The number of nitrogens with zero attached hydrogens (tertiary/aromatic N) is 5. The Labute approximate surface area is 148 Å². The van der Waals surface area contributed by atoms with Crippen LogP contribution in [0.1, 0.15) is 23.4 Å². The van der Waals surface area contributed by atoms with Crippen LogP contribution in [0.5, 0.6) is 0 Å². The number of imidazole rings is 1. The molecule has 0 bridgehead atoms. The first-order valence-corrected chi connectivity index (χ1v) is 9.17. The topological polar surface area (TPSA) is 87.8 Å². The van der Waals surface area contributed by atoms with E-state index in [9.17, 15) is 9.59 Å². The van der Waals surface area contributed by atoms with Crippen LogP contribution >= 0.6 is 11.8 Å². The summed E-state index contributed by atoms with van der Waals surface area (Å²) < 4.78 is 9.52. The quantitative estimate of drug-likeness (QED) is 0.615. The fourth-order valence-electron chi connectivity index (χ4n) is 2.80. The Morgan fingerprint density at radius 3 is 2.68 bits per heavy atom. The van der Waals surface area contributed by atoms with Crippen LogP contribution in [0, 0.1) is 13.8 Å². The van der Waals surface area contributed by atoms with Crippen LogP contribution in [0.25, 0.3) is 11.2 Å². The third-order valence-corrected chi connectivity index (χ3v) is 5.37. The number of thioether (sulfide) groups is 1. The van der Waals surface area contributed by atoms with Gasteiger partial charge < -0.3 is 9.09 Å². The summed E-state index contributed by atoms with van der Waals surface area (Å²) in [5.74, 6) is 2.49. The summed E-state index contributed by atoms with van der Waals surface area (Å²) in [4.78, 5) is 29.1. The smallest absolute Gasteiger partial charge is 0.332 e. The highest BCUT2D eigenvalue weighted by Crippen LogP contribution is 2.19. The monoisotopic (exact) mass is 363 g/mol. The predicted octanol–water partition coefficient (Wildman–Crippen LogP) is 1.36. The molecule has 134 valence electrons. The van der Waals surface area contributed by atoms with Gasteiger partial charge in [-0.3, -0.25) is 13.9 Å². The molecule has 0 aromatic carbocycles. The van der Waals surface area contributed by atoms with Gasteiger partial charge in [0, 0.05) is 32.0 Å². The molecule has 3 aromatic heterocycles. The van der Waals surface area contributed by atoms with Crippen molar-refractivity contribution in [3.63, 3.8) is 0 Å².